The van der Waals surface area contributed by atoms with Crippen LogP contribution in [0.25, 0.3) is 0 Å². The summed E-state index contributed by atoms with van der Waals surface area (Å²) in [5.41, 5.74) is 6.51. The number of likely N-dealkylation sites (N-methyl/N-ethyl adjacent to an activating group) is 1. The summed E-state index contributed by atoms with van der Waals surface area (Å²) in [7, 11) is 4.17. The first-order valence-corrected chi connectivity index (χ1v) is 7.37. The maximum absolute atomic E-state index is 14.1. The highest BCUT2D eigenvalue weighted by Crippen LogP contribution is 2.31. The van der Waals surface area contributed by atoms with E-state index in [1.807, 2.05) is 0 Å². The lowest BCUT2D eigenvalue weighted by Crippen LogP contribution is -2.37. The number of rotatable bonds is 4. The second kappa shape index (κ2) is 6.39. The Bertz CT molecular complexity index is 466. The van der Waals surface area contributed by atoms with Gasteiger partial charge in [-0.2, -0.15) is 0 Å². The van der Waals surface area contributed by atoms with Gasteiger partial charge in [-0.05, 0) is 38.2 Å². The molecule has 0 aliphatic carbocycles. The van der Waals surface area contributed by atoms with Crippen LogP contribution in [0.15, 0.2) is 18.2 Å². The fourth-order valence-electron chi connectivity index (χ4n) is 3.16. The molecule has 0 spiro atoms. The lowest BCUT2D eigenvalue weighted by Gasteiger charge is -2.28. The van der Waals surface area contributed by atoms with Gasteiger partial charge < -0.3 is 10.6 Å². The third kappa shape index (κ3) is 3.14. The van der Waals surface area contributed by atoms with E-state index in [4.69, 9.17) is 17.3 Å². The second-order valence-corrected chi connectivity index (χ2v) is 6.32. The molecule has 112 valence electrons. The standard InChI is InChI=1S/C15H23ClFN3/c1-10-8-20(9-15(10)19(2)3)14(7-18)12-6-11(16)4-5-13(12)17/h4-6,10,14-15H,7-9,18H2,1-3H3. The third-order valence-corrected chi connectivity index (χ3v) is 4.48. The average molecular weight is 300 g/mol. The molecule has 3 atom stereocenters. The lowest BCUT2D eigenvalue weighted by atomic mass is 10.0. The molecule has 2 N–H and O–H groups in total. The first-order chi connectivity index (χ1) is 9.43. The van der Waals surface area contributed by atoms with Gasteiger partial charge in [-0.3, -0.25) is 4.90 Å². The number of nitrogens with two attached hydrogens (primary N) is 1. The Morgan fingerprint density at radius 3 is 2.70 bits per heavy atom. The van der Waals surface area contributed by atoms with E-state index >= 15 is 0 Å². The van der Waals surface area contributed by atoms with E-state index in [2.05, 4.69) is 30.8 Å². The van der Waals surface area contributed by atoms with Crippen LogP contribution in [0.4, 0.5) is 4.39 Å². The Morgan fingerprint density at radius 2 is 2.15 bits per heavy atom. The van der Waals surface area contributed by atoms with Crippen LogP contribution in [0, 0.1) is 11.7 Å². The van der Waals surface area contributed by atoms with Gasteiger partial charge >= 0.3 is 0 Å². The van der Waals surface area contributed by atoms with E-state index in [1.165, 1.54) is 6.07 Å². The Labute approximate surface area is 125 Å². The molecule has 3 unspecified atom stereocenters. The summed E-state index contributed by atoms with van der Waals surface area (Å²) in [4.78, 5) is 4.50. The molecule has 1 aliphatic heterocycles. The van der Waals surface area contributed by atoms with Crippen LogP contribution in [-0.2, 0) is 0 Å². The zero-order chi connectivity index (χ0) is 14.9. The van der Waals surface area contributed by atoms with Gasteiger partial charge in [0.15, 0.2) is 0 Å². The zero-order valence-electron chi connectivity index (χ0n) is 12.3. The van der Waals surface area contributed by atoms with Gasteiger partial charge in [-0.25, -0.2) is 4.39 Å². The Morgan fingerprint density at radius 1 is 1.45 bits per heavy atom. The zero-order valence-corrected chi connectivity index (χ0v) is 13.1. The van der Waals surface area contributed by atoms with Crippen LogP contribution < -0.4 is 5.73 Å². The molecule has 1 saturated heterocycles. The van der Waals surface area contributed by atoms with Gasteiger partial charge in [0, 0.05) is 36.3 Å². The second-order valence-electron chi connectivity index (χ2n) is 5.88. The van der Waals surface area contributed by atoms with E-state index < -0.39 is 0 Å². The van der Waals surface area contributed by atoms with Crippen LogP contribution in [0.3, 0.4) is 0 Å². The Kier molecular flexibility index (Phi) is 5.02. The molecule has 1 fully saturated rings. The van der Waals surface area contributed by atoms with E-state index in [0.29, 0.717) is 29.1 Å². The number of nitrogens with zero attached hydrogens (tertiary/aromatic N) is 2. The highest BCUT2D eigenvalue weighted by atomic mass is 35.5. The lowest BCUT2D eigenvalue weighted by molar-refractivity contribution is 0.216. The summed E-state index contributed by atoms with van der Waals surface area (Å²) in [6.07, 6.45) is 0. The third-order valence-electron chi connectivity index (χ3n) is 4.25. The van der Waals surface area contributed by atoms with Crippen molar-refractivity contribution in [2.75, 3.05) is 33.7 Å². The predicted molar refractivity (Wildman–Crippen MR) is 81.4 cm³/mol. The molecule has 0 radical (unpaired) electrons. The molecule has 0 bridgehead atoms. The Hall–Kier alpha value is -0.680. The summed E-state index contributed by atoms with van der Waals surface area (Å²) in [5, 5.41) is 0.552. The van der Waals surface area contributed by atoms with E-state index in [9.17, 15) is 4.39 Å². The minimum absolute atomic E-state index is 0.110. The van der Waals surface area contributed by atoms with E-state index in [-0.39, 0.29) is 11.9 Å². The molecule has 0 saturated carbocycles. The number of halogens is 2. The first kappa shape index (κ1) is 15.7. The highest BCUT2D eigenvalue weighted by molar-refractivity contribution is 6.30. The monoisotopic (exact) mass is 299 g/mol. The first-order valence-electron chi connectivity index (χ1n) is 6.99. The molecule has 0 amide bonds. The highest BCUT2D eigenvalue weighted by Gasteiger charge is 2.35. The van der Waals surface area contributed by atoms with E-state index in [1.54, 1.807) is 12.1 Å². The minimum Gasteiger partial charge on any atom is -0.329 e. The summed E-state index contributed by atoms with van der Waals surface area (Å²) in [5.74, 6) is 0.312. The van der Waals surface area contributed by atoms with Crippen molar-refractivity contribution in [1.82, 2.24) is 9.80 Å². The summed E-state index contributed by atoms with van der Waals surface area (Å²) < 4.78 is 14.1. The predicted octanol–water partition coefficient (Wildman–Crippen LogP) is 2.36. The van der Waals surface area contributed by atoms with Crippen LogP contribution in [0.1, 0.15) is 18.5 Å². The van der Waals surface area contributed by atoms with Crippen molar-refractivity contribution in [2.24, 2.45) is 11.7 Å². The SMILES string of the molecule is CC1CN(C(CN)c2cc(Cl)ccc2F)CC1N(C)C. The molecular formula is C15H23ClFN3. The van der Waals surface area contributed by atoms with Crippen LogP contribution >= 0.6 is 11.6 Å². The number of benzene rings is 1. The largest absolute Gasteiger partial charge is 0.329 e. The van der Waals surface area contributed by atoms with Crippen molar-refractivity contribution in [3.63, 3.8) is 0 Å². The van der Waals surface area contributed by atoms with Crippen LogP contribution in [-0.4, -0.2) is 49.6 Å². The van der Waals surface area contributed by atoms with Crippen molar-refractivity contribution in [1.29, 1.82) is 0 Å². The molecule has 5 heteroatoms. The molecule has 1 aromatic carbocycles. The quantitative estimate of drug-likeness (QED) is 0.926. The van der Waals surface area contributed by atoms with Crippen LogP contribution in [0.2, 0.25) is 5.02 Å². The number of hydrogen-bond acceptors (Lipinski definition) is 3. The van der Waals surface area contributed by atoms with Crippen molar-refractivity contribution in [2.45, 2.75) is 19.0 Å². The maximum Gasteiger partial charge on any atom is 0.128 e. The summed E-state index contributed by atoms with van der Waals surface area (Å²) in [6, 6.07) is 5.06. The number of hydrogen-bond donors (Lipinski definition) is 1. The maximum atomic E-state index is 14.1. The summed E-state index contributed by atoms with van der Waals surface area (Å²) in [6.45, 7) is 4.45. The molecule has 20 heavy (non-hydrogen) atoms. The molecular weight excluding hydrogens is 277 g/mol. The number of likely N-dealkylation sites (tertiary alicyclic amines) is 1. The molecule has 3 nitrogen and oxygen atoms in total. The molecule has 1 aromatic rings. The Balaban J connectivity index is 2.23. The van der Waals surface area contributed by atoms with Gasteiger partial charge in [0.1, 0.15) is 5.82 Å². The molecule has 0 aromatic heterocycles. The fraction of sp³-hybridized carbons (Fsp3) is 0.600. The topological polar surface area (TPSA) is 32.5 Å². The minimum atomic E-state index is -0.231. The fourth-order valence-corrected chi connectivity index (χ4v) is 3.34. The molecule has 1 heterocycles. The summed E-state index contributed by atoms with van der Waals surface area (Å²) >= 11 is 6.00. The van der Waals surface area contributed by atoms with Gasteiger partial charge in [0.25, 0.3) is 0 Å². The van der Waals surface area contributed by atoms with Gasteiger partial charge in [-0.15, -0.1) is 0 Å². The van der Waals surface area contributed by atoms with Crippen molar-refractivity contribution in [3.8, 4) is 0 Å². The van der Waals surface area contributed by atoms with Crippen LogP contribution in [0.5, 0.6) is 0 Å². The van der Waals surface area contributed by atoms with Crippen molar-refractivity contribution >= 4 is 11.6 Å². The average Bonchev–Trinajstić information content (AvgIpc) is 2.76. The molecule has 2 rings (SSSR count). The van der Waals surface area contributed by atoms with Gasteiger partial charge in [0.2, 0.25) is 0 Å². The molecule has 1 aliphatic rings. The normalized spacial score (nSPS) is 25.4. The van der Waals surface area contributed by atoms with Crippen molar-refractivity contribution < 1.29 is 4.39 Å². The van der Waals surface area contributed by atoms with Crippen molar-refractivity contribution in [3.05, 3.63) is 34.6 Å². The smallest absolute Gasteiger partial charge is 0.128 e. The van der Waals surface area contributed by atoms with E-state index in [0.717, 1.165) is 13.1 Å². The van der Waals surface area contributed by atoms with Gasteiger partial charge in [0.05, 0.1) is 6.04 Å². The van der Waals surface area contributed by atoms with Gasteiger partial charge in [-0.1, -0.05) is 18.5 Å².